The minimum atomic E-state index is -3.61. The molecule has 0 aliphatic heterocycles. The Labute approximate surface area is 120 Å². The molecule has 0 amide bonds. The molecule has 5 nitrogen and oxygen atoms in total. The van der Waals surface area contributed by atoms with Crippen molar-refractivity contribution in [1.82, 2.24) is 4.72 Å². The van der Waals surface area contributed by atoms with Crippen molar-refractivity contribution < 1.29 is 18.3 Å². The molecule has 7 heteroatoms. The SMILES string of the molecule is O=C(O)c1ccc(S(=O)(=O)NC2CCCC2)c(Br)c1. The Morgan fingerprint density at radius 2 is 1.95 bits per heavy atom. The third-order valence-electron chi connectivity index (χ3n) is 3.15. The van der Waals surface area contributed by atoms with E-state index in [1.165, 1.54) is 18.2 Å². The van der Waals surface area contributed by atoms with E-state index >= 15 is 0 Å². The molecule has 104 valence electrons. The zero-order chi connectivity index (χ0) is 14.0. The Kier molecular flexibility index (Phi) is 4.27. The molecule has 1 saturated carbocycles. The van der Waals surface area contributed by atoms with Crippen molar-refractivity contribution in [2.45, 2.75) is 36.6 Å². The number of sulfonamides is 1. The third kappa shape index (κ3) is 3.34. The predicted molar refractivity (Wildman–Crippen MR) is 73.7 cm³/mol. The summed E-state index contributed by atoms with van der Waals surface area (Å²) < 4.78 is 27.3. The minimum Gasteiger partial charge on any atom is -0.478 e. The molecule has 2 N–H and O–H groups in total. The fourth-order valence-electron chi connectivity index (χ4n) is 2.18. The summed E-state index contributed by atoms with van der Waals surface area (Å²) in [5, 5.41) is 8.85. The van der Waals surface area contributed by atoms with Gasteiger partial charge in [0.2, 0.25) is 10.0 Å². The molecule has 1 aliphatic rings. The summed E-state index contributed by atoms with van der Waals surface area (Å²) in [6.07, 6.45) is 3.77. The van der Waals surface area contributed by atoms with E-state index in [-0.39, 0.29) is 21.0 Å². The zero-order valence-electron chi connectivity index (χ0n) is 10.1. The largest absolute Gasteiger partial charge is 0.478 e. The molecule has 2 rings (SSSR count). The zero-order valence-corrected chi connectivity index (χ0v) is 12.5. The molecule has 0 atom stereocenters. The van der Waals surface area contributed by atoms with Gasteiger partial charge in [-0.1, -0.05) is 12.8 Å². The van der Waals surface area contributed by atoms with Gasteiger partial charge in [0.25, 0.3) is 0 Å². The second-order valence-electron chi connectivity index (χ2n) is 4.55. The molecule has 1 fully saturated rings. The molecule has 0 aromatic heterocycles. The van der Waals surface area contributed by atoms with E-state index in [0.29, 0.717) is 0 Å². The molecular weight excluding hydrogens is 334 g/mol. The molecule has 0 unspecified atom stereocenters. The van der Waals surface area contributed by atoms with Crippen LogP contribution in [0.1, 0.15) is 36.0 Å². The lowest BCUT2D eigenvalue weighted by Gasteiger charge is -2.13. The maximum atomic E-state index is 12.2. The molecule has 1 aromatic rings. The van der Waals surface area contributed by atoms with Crippen molar-refractivity contribution in [3.05, 3.63) is 28.2 Å². The lowest BCUT2D eigenvalue weighted by molar-refractivity contribution is 0.0696. The summed E-state index contributed by atoms with van der Waals surface area (Å²) >= 11 is 3.12. The van der Waals surface area contributed by atoms with Crippen LogP contribution in [0.4, 0.5) is 0 Å². The van der Waals surface area contributed by atoms with Crippen LogP contribution in [0.25, 0.3) is 0 Å². The summed E-state index contributed by atoms with van der Waals surface area (Å²) in [4.78, 5) is 10.9. The Hall–Kier alpha value is -0.920. The number of carboxylic acids is 1. The van der Waals surface area contributed by atoms with Crippen LogP contribution in [0.3, 0.4) is 0 Å². The number of rotatable bonds is 4. The van der Waals surface area contributed by atoms with E-state index in [0.717, 1.165) is 25.7 Å². The number of halogens is 1. The van der Waals surface area contributed by atoms with Crippen molar-refractivity contribution in [3.63, 3.8) is 0 Å². The predicted octanol–water partition coefficient (Wildman–Crippen LogP) is 2.37. The third-order valence-corrected chi connectivity index (χ3v) is 5.64. The van der Waals surface area contributed by atoms with Gasteiger partial charge in [-0.05, 0) is 47.0 Å². The summed E-state index contributed by atoms with van der Waals surface area (Å²) in [7, 11) is -3.61. The molecule has 0 heterocycles. The molecule has 0 radical (unpaired) electrons. The van der Waals surface area contributed by atoms with Gasteiger partial charge in [-0.25, -0.2) is 17.9 Å². The lowest BCUT2D eigenvalue weighted by Crippen LogP contribution is -2.32. The van der Waals surface area contributed by atoms with Crippen molar-refractivity contribution in [2.75, 3.05) is 0 Å². The van der Waals surface area contributed by atoms with Crippen LogP contribution in [0.15, 0.2) is 27.6 Å². The first-order chi connectivity index (χ1) is 8.90. The van der Waals surface area contributed by atoms with Crippen LogP contribution in [0.5, 0.6) is 0 Å². The van der Waals surface area contributed by atoms with Gasteiger partial charge in [-0.2, -0.15) is 0 Å². The van der Waals surface area contributed by atoms with E-state index < -0.39 is 16.0 Å². The lowest BCUT2D eigenvalue weighted by atomic mass is 10.2. The monoisotopic (exact) mass is 347 g/mol. The number of carbonyl (C=O) groups is 1. The van der Waals surface area contributed by atoms with Gasteiger partial charge in [-0.15, -0.1) is 0 Å². The van der Waals surface area contributed by atoms with E-state index in [1.54, 1.807) is 0 Å². The Balaban J connectivity index is 2.27. The molecule has 1 aliphatic carbocycles. The van der Waals surface area contributed by atoms with Gasteiger partial charge in [0.1, 0.15) is 0 Å². The van der Waals surface area contributed by atoms with Gasteiger partial charge in [0, 0.05) is 10.5 Å². The summed E-state index contributed by atoms with van der Waals surface area (Å²) in [6.45, 7) is 0. The number of hydrogen-bond donors (Lipinski definition) is 2. The average molecular weight is 348 g/mol. The van der Waals surface area contributed by atoms with E-state index in [9.17, 15) is 13.2 Å². The fourth-order valence-corrected chi connectivity index (χ4v) is 4.56. The molecule has 0 bridgehead atoms. The number of nitrogens with one attached hydrogen (secondary N) is 1. The minimum absolute atomic E-state index is 0.0175. The van der Waals surface area contributed by atoms with Crippen LogP contribution < -0.4 is 4.72 Å². The number of carboxylic acid groups (broad SMARTS) is 1. The van der Waals surface area contributed by atoms with Crippen LogP contribution in [0.2, 0.25) is 0 Å². The van der Waals surface area contributed by atoms with Crippen LogP contribution >= 0.6 is 15.9 Å². The van der Waals surface area contributed by atoms with Crippen molar-refractivity contribution in [2.24, 2.45) is 0 Å². The van der Waals surface area contributed by atoms with Gasteiger partial charge in [0.05, 0.1) is 10.5 Å². The van der Waals surface area contributed by atoms with E-state index in [2.05, 4.69) is 20.7 Å². The first-order valence-corrected chi connectivity index (χ1v) is 8.23. The highest BCUT2D eigenvalue weighted by atomic mass is 79.9. The van der Waals surface area contributed by atoms with Crippen molar-refractivity contribution in [3.8, 4) is 0 Å². The second kappa shape index (κ2) is 5.60. The molecule has 19 heavy (non-hydrogen) atoms. The first kappa shape index (κ1) is 14.5. The van der Waals surface area contributed by atoms with Gasteiger partial charge >= 0.3 is 5.97 Å². The summed E-state index contributed by atoms with van der Waals surface area (Å²) in [5.41, 5.74) is 0.0479. The van der Waals surface area contributed by atoms with Crippen LogP contribution in [-0.4, -0.2) is 25.5 Å². The van der Waals surface area contributed by atoms with Gasteiger partial charge < -0.3 is 5.11 Å². The quantitative estimate of drug-likeness (QED) is 0.875. The van der Waals surface area contributed by atoms with Crippen molar-refractivity contribution >= 4 is 31.9 Å². The maximum absolute atomic E-state index is 12.2. The van der Waals surface area contributed by atoms with E-state index in [4.69, 9.17) is 5.11 Å². The Morgan fingerprint density at radius 1 is 1.32 bits per heavy atom. The van der Waals surface area contributed by atoms with Gasteiger partial charge in [0.15, 0.2) is 0 Å². The van der Waals surface area contributed by atoms with Crippen molar-refractivity contribution in [1.29, 1.82) is 0 Å². The molecule has 0 saturated heterocycles. The Morgan fingerprint density at radius 3 is 2.47 bits per heavy atom. The average Bonchev–Trinajstić information content (AvgIpc) is 2.80. The van der Waals surface area contributed by atoms with Crippen LogP contribution in [0, 0.1) is 0 Å². The standard InChI is InChI=1S/C12H14BrNO4S/c13-10-7-8(12(15)16)5-6-11(10)19(17,18)14-9-3-1-2-4-9/h5-7,9,14H,1-4H2,(H,15,16). The van der Waals surface area contributed by atoms with E-state index in [1.807, 2.05) is 0 Å². The topological polar surface area (TPSA) is 83.5 Å². The van der Waals surface area contributed by atoms with Gasteiger partial charge in [-0.3, -0.25) is 0 Å². The smallest absolute Gasteiger partial charge is 0.335 e. The molecule has 0 spiro atoms. The highest BCUT2D eigenvalue weighted by Gasteiger charge is 2.24. The molecular formula is C12H14BrNO4S. The first-order valence-electron chi connectivity index (χ1n) is 5.95. The molecule has 1 aromatic carbocycles. The summed E-state index contributed by atoms with van der Waals surface area (Å²) in [6, 6.07) is 3.88. The summed E-state index contributed by atoms with van der Waals surface area (Å²) in [5.74, 6) is -1.09. The van der Waals surface area contributed by atoms with Crippen LogP contribution in [-0.2, 0) is 10.0 Å². The maximum Gasteiger partial charge on any atom is 0.335 e. The highest BCUT2D eigenvalue weighted by Crippen LogP contribution is 2.25. The second-order valence-corrected chi connectivity index (χ2v) is 7.09. The Bertz CT molecular complexity index is 594. The highest BCUT2D eigenvalue weighted by molar-refractivity contribution is 9.10. The number of hydrogen-bond acceptors (Lipinski definition) is 3. The fraction of sp³-hybridized carbons (Fsp3) is 0.417. The number of aromatic carboxylic acids is 1. The normalized spacial score (nSPS) is 16.7. The number of benzene rings is 1.